The van der Waals surface area contributed by atoms with Gasteiger partial charge in [-0.15, -0.1) is 0 Å². The number of rotatable bonds is 4. The van der Waals surface area contributed by atoms with Crippen LogP contribution in [-0.2, 0) is 4.79 Å². The minimum Gasteiger partial charge on any atom is -0.397 e. The average molecular weight is 229 g/mol. The van der Waals surface area contributed by atoms with Crippen molar-refractivity contribution in [2.75, 3.05) is 24.1 Å². The molecule has 1 rings (SSSR count). The monoisotopic (exact) mass is 229 g/mol. The largest absolute Gasteiger partial charge is 0.397 e. The molecule has 0 spiro atoms. The van der Waals surface area contributed by atoms with Crippen LogP contribution in [0.4, 0.5) is 20.2 Å². The second-order valence-corrected chi connectivity index (χ2v) is 3.24. The number of carbonyl (C=O) groups excluding carboxylic acids is 1. The Morgan fingerprint density at radius 1 is 1.38 bits per heavy atom. The Balaban J connectivity index is 2.60. The van der Waals surface area contributed by atoms with Gasteiger partial charge in [-0.2, -0.15) is 0 Å². The quantitative estimate of drug-likeness (QED) is 0.535. The Bertz CT molecular complexity index is 396. The van der Waals surface area contributed by atoms with E-state index in [9.17, 15) is 13.6 Å². The molecule has 0 unspecified atom stereocenters. The van der Waals surface area contributed by atoms with E-state index in [1.54, 1.807) is 0 Å². The van der Waals surface area contributed by atoms with E-state index >= 15 is 0 Å². The van der Waals surface area contributed by atoms with Crippen molar-refractivity contribution in [1.82, 2.24) is 5.32 Å². The van der Waals surface area contributed by atoms with Crippen molar-refractivity contribution in [1.29, 1.82) is 0 Å². The fraction of sp³-hybridized carbons (Fsp3) is 0.300. The van der Waals surface area contributed by atoms with Gasteiger partial charge in [0.1, 0.15) is 0 Å². The molecule has 0 aliphatic carbocycles. The number of halogens is 2. The molecule has 6 heteroatoms. The van der Waals surface area contributed by atoms with Gasteiger partial charge in [-0.1, -0.05) is 0 Å². The van der Waals surface area contributed by atoms with Gasteiger partial charge in [0.2, 0.25) is 5.91 Å². The summed E-state index contributed by atoms with van der Waals surface area (Å²) < 4.78 is 26.1. The molecule has 16 heavy (non-hydrogen) atoms. The van der Waals surface area contributed by atoms with Gasteiger partial charge in [0.15, 0.2) is 11.6 Å². The van der Waals surface area contributed by atoms with Crippen molar-refractivity contribution in [2.45, 2.75) is 6.92 Å². The summed E-state index contributed by atoms with van der Waals surface area (Å²) in [4.78, 5) is 10.5. The first-order valence-corrected chi connectivity index (χ1v) is 4.74. The molecular weight excluding hydrogens is 216 g/mol. The standard InChI is InChI=1S/C10H13F2N3O/c1-6(16)14-4-5-15-10-8(13)3-2-7(11)9(10)12/h2-3,15H,4-5,13H2,1H3,(H,14,16). The highest BCUT2D eigenvalue weighted by Crippen LogP contribution is 2.23. The first kappa shape index (κ1) is 12.2. The molecule has 0 saturated heterocycles. The van der Waals surface area contributed by atoms with Crippen LogP contribution in [0.1, 0.15) is 6.92 Å². The van der Waals surface area contributed by atoms with Gasteiger partial charge in [-0.25, -0.2) is 8.78 Å². The smallest absolute Gasteiger partial charge is 0.216 e. The summed E-state index contributed by atoms with van der Waals surface area (Å²) in [7, 11) is 0. The van der Waals surface area contributed by atoms with Gasteiger partial charge >= 0.3 is 0 Å². The van der Waals surface area contributed by atoms with E-state index in [1.165, 1.54) is 13.0 Å². The van der Waals surface area contributed by atoms with Crippen LogP contribution in [0.5, 0.6) is 0 Å². The van der Waals surface area contributed by atoms with Crippen LogP contribution in [0.25, 0.3) is 0 Å². The van der Waals surface area contributed by atoms with Gasteiger partial charge in [0, 0.05) is 20.0 Å². The summed E-state index contributed by atoms with van der Waals surface area (Å²) in [6, 6.07) is 2.24. The van der Waals surface area contributed by atoms with Gasteiger partial charge in [0.05, 0.1) is 11.4 Å². The highest BCUT2D eigenvalue weighted by Gasteiger charge is 2.10. The number of amides is 1. The topological polar surface area (TPSA) is 67.2 Å². The normalized spacial score (nSPS) is 9.94. The summed E-state index contributed by atoms with van der Waals surface area (Å²) in [5.74, 6) is -2.16. The first-order chi connectivity index (χ1) is 7.52. The van der Waals surface area contributed by atoms with E-state index in [2.05, 4.69) is 10.6 Å². The van der Waals surface area contributed by atoms with Crippen molar-refractivity contribution < 1.29 is 13.6 Å². The second-order valence-electron chi connectivity index (χ2n) is 3.24. The number of nitrogen functional groups attached to an aromatic ring is 1. The predicted molar refractivity (Wildman–Crippen MR) is 57.9 cm³/mol. The van der Waals surface area contributed by atoms with E-state index < -0.39 is 11.6 Å². The van der Waals surface area contributed by atoms with E-state index in [4.69, 9.17) is 5.73 Å². The van der Waals surface area contributed by atoms with Gasteiger partial charge in [0.25, 0.3) is 0 Å². The molecule has 88 valence electrons. The third-order valence-electron chi connectivity index (χ3n) is 1.93. The fourth-order valence-corrected chi connectivity index (χ4v) is 1.17. The third-order valence-corrected chi connectivity index (χ3v) is 1.93. The van der Waals surface area contributed by atoms with Crippen LogP contribution in [0, 0.1) is 11.6 Å². The van der Waals surface area contributed by atoms with E-state index in [1.807, 2.05) is 0 Å². The van der Waals surface area contributed by atoms with Crippen LogP contribution in [-0.4, -0.2) is 19.0 Å². The second kappa shape index (κ2) is 5.29. The van der Waals surface area contributed by atoms with Crippen LogP contribution >= 0.6 is 0 Å². The zero-order valence-electron chi connectivity index (χ0n) is 8.81. The highest BCUT2D eigenvalue weighted by atomic mass is 19.2. The molecule has 0 atom stereocenters. The summed E-state index contributed by atoms with van der Waals surface area (Å²) in [6.45, 7) is 1.95. The lowest BCUT2D eigenvalue weighted by molar-refractivity contribution is -0.118. The molecule has 0 saturated carbocycles. The summed E-state index contributed by atoms with van der Waals surface area (Å²) >= 11 is 0. The van der Waals surface area contributed by atoms with Crippen molar-refractivity contribution in [3.05, 3.63) is 23.8 Å². The molecule has 4 N–H and O–H groups in total. The van der Waals surface area contributed by atoms with Crippen LogP contribution in [0.2, 0.25) is 0 Å². The fourth-order valence-electron chi connectivity index (χ4n) is 1.17. The number of nitrogens with one attached hydrogen (secondary N) is 2. The molecule has 4 nitrogen and oxygen atoms in total. The van der Waals surface area contributed by atoms with Crippen molar-refractivity contribution in [3.63, 3.8) is 0 Å². The molecule has 0 radical (unpaired) electrons. The zero-order chi connectivity index (χ0) is 12.1. The average Bonchev–Trinajstić information content (AvgIpc) is 2.22. The van der Waals surface area contributed by atoms with E-state index in [-0.39, 0.29) is 23.8 Å². The number of hydrogen-bond donors (Lipinski definition) is 3. The summed E-state index contributed by atoms with van der Waals surface area (Å²) in [5.41, 5.74) is 5.52. The maximum absolute atomic E-state index is 13.2. The molecule has 0 heterocycles. The Morgan fingerprint density at radius 2 is 2.06 bits per heavy atom. The van der Waals surface area contributed by atoms with Crippen LogP contribution < -0.4 is 16.4 Å². The molecule has 1 aromatic rings. The molecule has 0 aliphatic heterocycles. The summed E-state index contributed by atoms with van der Waals surface area (Å²) in [6.07, 6.45) is 0. The number of nitrogens with two attached hydrogens (primary N) is 1. The lowest BCUT2D eigenvalue weighted by Gasteiger charge is -2.10. The minimum absolute atomic E-state index is 0.0784. The molecule has 0 fully saturated rings. The van der Waals surface area contributed by atoms with Gasteiger partial charge < -0.3 is 16.4 Å². The minimum atomic E-state index is -1.01. The highest BCUT2D eigenvalue weighted by molar-refractivity contribution is 5.73. The maximum atomic E-state index is 13.2. The summed E-state index contributed by atoms with van der Waals surface area (Å²) in [5, 5.41) is 5.13. The van der Waals surface area contributed by atoms with Crippen molar-refractivity contribution in [3.8, 4) is 0 Å². The Labute approximate surface area is 91.8 Å². The van der Waals surface area contributed by atoms with Crippen LogP contribution in [0.3, 0.4) is 0 Å². The first-order valence-electron chi connectivity index (χ1n) is 4.74. The van der Waals surface area contributed by atoms with E-state index in [0.717, 1.165) is 6.07 Å². The molecule has 0 aliphatic rings. The van der Waals surface area contributed by atoms with Crippen molar-refractivity contribution in [2.24, 2.45) is 0 Å². The van der Waals surface area contributed by atoms with Gasteiger partial charge in [-0.05, 0) is 12.1 Å². The van der Waals surface area contributed by atoms with E-state index in [0.29, 0.717) is 6.54 Å². The molecule has 1 aromatic carbocycles. The van der Waals surface area contributed by atoms with Crippen LogP contribution in [0.15, 0.2) is 12.1 Å². The Hall–Kier alpha value is -1.85. The molecule has 0 bridgehead atoms. The zero-order valence-corrected chi connectivity index (χ0v) is 8.81. The maximum Gasteiger partial charge on any atom is 0.216 e. The number of carbonyl (C=O) groups is 1. The third kappa shape index (κ3) is 3.08. The number of hydrogen-bond acceptors (Lipinski definition) is 3. The number of benzene rings is 1. The Kier molecular flexibility index (Phi) is 4.04. The predicted octanol–water partition coefficient (Wildman–Crippen LogP) is 1.09. The molecule has 1 amide bonds. The SMILES string of the molecule is CC(=O)NCCNc1c(N)ccc(F)c1F. The lowest BCUT2D eigenvalue weighted by atomic mass is 10.2. The Morgan fingerprint density at radius 3 is 2.69 bits per heavy atom. The number of anilines is 2. The molecular formula is C10H13F2N3O. The molecule has 0 aromatic heterocycles. The lowest BCUT2D eigenvalue weighted by Crippen LogP contribution is -2.26. The van der Waals surface area contributed by atoms with Gasteiger partial charge in [-0.3, -0.25) is 4.79 Å². The van der Waals surface area contributed by atoms with Crippen molar-refractivity contribution >= 4 is 17.3 Å².